The molecule has 1 amide bonds. The SMILES string of the molecule is CCOCCCN1CCC(NC(=O)c2cccc3cccnc23)C(C)C1. The van der Waals surface area contributed by atoms with E-state index in [1.807, 2.05) is 37.3 Å². The van der Waals surface area contributed by atoms with Crippen LogP contribution in [-0.4, -0.2) is 54.7 Å². The number of nitrogens with zero attached hydrogens (tertiary/aromatic N) is 2. The quantitative estimate of drug-likeness (QED) is 0.776. The number of nitrogens with one attached hydrogen (secondary N) is 1. The summed E-state index contributed by atoms with van der Waals surface area (Å²) in [7, 11) is 0. The van der Waals surface area contributed by atoms with Gasteiger partial charge in [0, 0.05) is 50.5 Å². The standard InChI is InChI=1S/C21H29N3O2/c1-3-26-14-6-12-24-13-10-19(16(2)15-24)23-21(25)18-9-4-7-17-8-5-11-22-20(17)18/h4-5,7-9,11,16,19H,3,6,10,12-15H2,1-2H3,(H,23,25). The summed E-state index contributed by atoms with van der Waals surface area (Å²) in [6, 6.07) is 9.87. The Hall–Kier alpha value is -1.98. The van der Waals surface area contributed by atoms with E-state index < -0.39 is 0 Å². The summed E-state index contributed by atoms with van der Waals surface area (Å²) in [6.45, 7) is 8.98. The fourth-order valence-corrected chi connectivity index (χ4v) is 3.72. The van der Waals surface area contributed by atoms with Crippen LogP contribution in [0.5, 0.6) is 0 Å². The molecule has 2 atom stereocenters. The molecule has 1 fully saturated rings. The smallest absolute Gasteiger partial charge is 0.253 e. The monoisotopic (exact) mass is 355 g/mol. The molecule has 3 rings (SSSR count). The Kier molecular flexibility index (Phi) is 6.58. The number of hydrogen-bond donors (Lipinski definition) is 1. The lowest BCUT2D eigenvalue weighted by Gasteiger charge is -2.37. The van der Waals surface area contributed by atoms with Gasteiger partial charge in [-0.1, -0.05) is 25.1 Å². The zero-order valence-corrected chi connectivity index (χ0v) is 15.8. The van der Waals surface area contributed by atoms with Crippen molar-refractivity contribution in [2.75, 3.05) is 32.8 Å². The summed E-state index contributed by atoms with van der Waals surface area (Å²) in [4.78, 5) is 19.7. The second-order valence-corrected chi connectivity index (χ2v) is 7.08. The first-order valence-electron chi connectivity index (χ1n) is 9.63. The first-order chi connectivity index (χ1) is 12.7. The maximum absolute atomic E-state index is 12.8. The zero-order chi connectivity index (χ0) is 18.4. The molecule has 2 unspecified atom stereocenters. The average Bonchev–Trinajstić information content (AvgIpc) is 2.66. The summed E-state index contributed by atoms with van der Waals surface area (Å²) in [6.07, 6.45) is 3.79. The highest BCUT2D eigenvalue weighted by Gasteiger charge is 2.27. The molecule has 0 bridgehead atoms. The van der Waals surface area contributed by atoms with Gasteiger partial charge in [-0.2, -0.15) is 0 Å². The topological polar surface area (TPSA) is 54.5 Å². The molecule has 26 heavy (non-hydrogen) atoms. The molecule has 2 heterocycles. The highest BCUT2D eigenvalue weighted by molar-refractivity contribution is 6.05. The lowest BCUT2D eigenvalue weighted by atomic mass is 9.93. The molecule has 1 saturated heterocycles. The minimum atomic E-state index is -0.0176. The number of hydrogen-bond acceptors (Lipinski definition) is 4. The number of fused-ring (bicyclic) bond motifs is 1. The second kappa shape index (κ2) is 9.10. The van der Waals surface area contributed by atoms with Gasteiger partial charge in [0.15, 0.2) is 0 Å². The lowest BCUT2D eigenvalue weighted by molar-refractivity contribution is 0.0845. The number of amides is 1. The summed E-state index contributed by atoms with van der Waals surface area (Å²) in [5.74, 6) is 0.415. The fraction of sp³-hybridized carbons (Fsp3) is 0.524. The first-order valence-corrected chi connectivity index (χ1v) is 9.63. The Morgan fingerprint density at radius 1 is 1.35 bits per heavy atom. The van der Waals surface area contributed by atoms with Crippen LogP contribution in [0.2, 0.25) is 0 Å². The summed E-state index contributed by atoms with van der Waals surface area (Å²) in [5, 5.41) is 4.24. The first kappa shape index (κ1) is 18.8. The number of ether oxygens (including phenoxy) is 1. The molecule has 0 aliphatic carbocycles. The van der Waals surface area contributed by atoms with Gasteiger partial charge in [0.25, 0.3) is 5.91 Å². The molecule has 5 nitrogen and oxygen atoms in total. The predicted molar refractivity (Wildman–Crippen MR) is 104 cm³/mol. The van der Waals surface area contributed by atoms with E-state index in [0.29, 0.717) is 11.5 Å². The number of pyridine rings is 1. The van der Waals surface area contributed by atoms with Gasteiger partial charge in [0.2, 0.25) is 0 Å². The van der Waals surface area contributed by atoms with Crippen LogP contribution in [-0.2, 0) is 4.74 Å². The highest BCUT2D eigenvalue weighted by Crippen LogP contribution is 2.20. The van der Waals surface area contributed by atoms with E-state index in [-0.39, 0.29) is 11.9 Å². The molecule has 0 radical (unpaired) electrons. The summed E-state index contributed by atoms with van der Waals surface area (Å²) < 4.78 is 5.42. The Morgan fingerprint density at radius 3 is 3.00 bits per heavy atom. The van der Waals surface area contributed by atoms with Gasteiger partial charge in [-0.15, -0.1) is 0 Å². The number of likely N-dealkylation sites (tertiary alicyclic amines) is 1. The van der Waals surface area contributed by atoms with E-state index in [2.05, 4.69) is 22.1 Å². The summed E-state index contributed by atoms with van der Waals surface area (Å²) in [5.41, 5.74) is 1.43. The van der Waals surface area contributed by atoms with Crippen molar-refractivity contribution in [3.63, 3.8) is 0 Å². The van der Waals surface area contributed by atoms with Crippen molar-refractivity contribution >= 4 is 16.8 Å². The third kappa shape index (κ3) is 4.59. The molecule has 140 valence electrons. The van der Waals surface area contributed by atoms with Gasteiger partial charge in [-0.3, -0.25) is 9.78 Å². The molecule has 0 spiro atoms. The van der Waals surface area contributed by atoms with Crippen LogP contribution < -0.4 is 5.32 Å². The molecule has 1 aromatic carbocycles. The van der Waals surface area contributed by atoms with Gasteiger partial charge >= 0.3 is 0 Å². The molecular formula is C21H29N3O2. The molecule has 0 saturated carbocycles. The van der Waals surface area contributed by atoms with Crippen molar-refractivity contribution in [1.29, 1.82) is 0 Å². The normalized spacial score (nSPS) is 21.0. The van der Waals surface area contributed by atoms with Gasteiger partial charge in [0.1, 0.15) is 0 Å². The Morgan fingerprint density at radius 2 is 2.19 bits per heavy atom. The van der Waals surface area contributed by atoms with Crippen molar-refractivity contribution in [2.24, 2.45) is 5.92 Å². The van der Waals surface area contributed by atoms with Gasteiger partial charge < -0.3 is 15.0 Å². The second-order valence-electron chi connectivity index (χ2n) is 7.08. The maximum Gasteiger partial charge on any atom is 0.253 e. The maximum atomic E-state index is 12.8. The van der Waals surface area contributed by atoms with Crippen LogP contribution in [0, 0.1) is 5.92 Å². The molecule has 1 N–H and O–H groups in total. The van der Waals surface area contributed by atoms with E-state index in [0.717, 1.165) is 56.6 Å². The van der Waals surface area contributed by atoms with Crippen LogP contribution in [0.25, 0.3) is 10.9 Å². The average molecular weight is 355 g/mol. The molecule has 1 aliphatic heterocycles. The van der Waals surface area contributed by atoms with E-state index in [1.165, 1.54) is 0 Å². The number of rotatable bonds is 7. The Labute approximate surface area is 155 Å². The predicted octanol–water partition coefficient (Wildman–Crippen LogP) is 3.10. The Bertz CT molecular complexity index is 729. The third-order valence-electron chi connectivity index (χ3n) is 5.15. The summed E-state index contributed by atoms with van der Waals surface area (Å²) >= 11 is 0. The Balaban J connectivity index is 1.57. The van der Waals surface area contributed by atoms with Crippen LogP contribution in [0.3, 0.4) is 0 Å². The van der Waals surface area contributed by atoms with E-state index in [4.69, 9.17) is 4.74 Å². The van der Waals surface area contributed by atoms with Gasteiger partial charge in [-0.25, -0.2) is 0 Å². The lowest BCUT2D eigenvalue weighted by Crippen LogP contribution is -2.50. The van der Waals surface area contributed by atoms with E-state index in [9.17, 15) is 4.79 Å². The number of para-hydroxylation sites is 1. The third-order valence-corrected chi connectivity index (χ3v) is 5.15. The van der Waals surface area contributed by atoms with Crippen molar-refractivity contribution in [1.82, 2.24) is 15.2 Å². The van der Waals surface area contributed by atoms with Crippen LogP contribution in [0.1, 0.15) is 37.0 Å². The van der Waals surface area contributed by atoms with Crippen molar-refractivity contribution in [3.8, 4) is 0 Å². The molecule has 1 aromatic heterocycles. The fourth-order valence-electron chi connectivity index (χ4n) is 3.72. The zero-order valence-electron chi connectivity index (χ0n) is 15.8. The van der Waals surface area contributed by atoms with E-state index in [1.54, 1.807) is 6.20 Å². The van der Waals surface area contributed by atoms with Crippen LogP contribution in [0.4, 0.5) is 0 Å². The van der Waals surface area contributed by atoms with Gasteiger partial charge in [0.05, 0.1) is 11.1 Å². The number of benzene rings is 1. The molecule has 5 heteroatoms. The molecular weight excluding hydrogens is 326 g/mol. The molecule has 2 aromatic rings. The largest absolute Gasteiger partial charge is 0.382 e. The van der Waals surface area contributed by atoms with Crippen LogP contribution in [0.15, 0.2) is 36.5 Å². The van der Waals surface area contributed by atoms with Crippen molar-refractivity contribution < 1.29 is 9.53 Å². The number of carbonyl (C=O) groups excluding carboxylic acids is 1. The minimum Gasteiger partial charge on any atom is -0.382 e. The number of aromatic nitrogens is 1. The van der Waals surface area contributed by atoms with Crippen LogP contribution >= 0.6 is 0 Å². The van der Waals surface area contributed by atoms with E-state index >= 15 is 0 Å². The highest BCUT2D eigenvalue weighted by atomic mass is 16.5. The number of carbonyl (C=O) groups is 1. The van der Waals surface area contributed by atoms with Crippen molar-refractivity contribution in [3.05, 3.63) is 42.1 Å². The van der Waals surface area contributed by atoms with Gasteiger partial charge in [-0.05, 0) is 37.8 Å². The number of piperidine rings is 1. The molecule has 1 aliphatic rings. The minimum absolute atomic E-state index is 0.0176. The van der Waals surface area contributed by atoms with Crippen molar-refractivity contribution in [2.45, 2.75) is 32.7 Å².